The van der Waals surface area contributed by atoms with Gasteiger partial charge in [-0.1, -0.05) is 0 Å². The summed E-state index contributed by atoms with van der Waals surface area (Å²) in [5.74, 6) is 0.660. The predicted octanol–water partition coefficient (Wildman–Crippen LogP) is 0.0126. The van der Waals surface area contributed by atoms with Crippen LogP contribution in [0.1, 0.15) is 36.5 Å². The third kappa shape index (κ3) is 3.45. The molecule has 1 amide bonds. The minimum atomic E-state index is -0.0381. The van der Waals surface area contributed by atoms with E-state index in [2.05, 4.69) is 15.3 Å². The highest BCUT2D eigenvalue weighted by atomic mass is 32.1. The molecule has 0 saturated heterocycles. The molecular formula is C16H23N4O2S+. The van der Waals surface area contributed by atoms with Crippen molar-refractivity contribution in [1.29, 1.82) is 0 Å². The Bertz CT molecular complexity index is 793. The smallest absolute Gasteiger partial charge is 0.275 e. The van der Waals surface area contributed by atoms with E-state index in [1.807, 2.05) is 20.9 Å². The Morgan fingerprint density at radius 1 is 1.43 bits per heavy atom. The van der Waals surface area contributed by atoms with E-state index in [0.29, 0.717) is 18.9 Å². The second-order valence-corrected chi connectivity index (χ2v) is 7.67. The van der Waals surface area contributed by atoms with Crippen LogP contribution < -0.4 is 15.8 Å². The van der Waals surface area contributed by atoms with Gasteiger partial charge in [0, 0.05) is 10.9 Å². The summed E-state index contributed by atoms with van der Waals surface area (Å²) in [7, 11) is 1.93. The first kappa shape index (κ1) is 16.1. The summed E-state index contributed by atoms with van der Waals surface area (Å²) >= 11 is 1.64. The number of thiophene rings is 1. The third-order valence-corrected chi connectivity index (χ3v) is 5.19. The number of amides is 1. The van der Waals surface area contributed by atoms with Crippen molar-refractivity contribution in [3.05, 3.63) is 26.6 Å². The fraction of sp³-hybridized carbons (Fsp3) is 0.562. The molecule has 0 aliphatic heterocycles. The molecule has 2 aromatic rings. The molecular weight excluding hydrogens is 312 g/mol. The number of aromatic nitrogens is 2. The Morgan fingerprint density at radius 3 is 2.96 bits per heavy atom. The first-order valence-corrected chi connectivity index (χ1v) is 8.89. The highest BCUT2D eigenvalue weighted by molar-refractivity contribution is 7.18. The lowest BCUT2D eigenvalue weighted by Gasteiger charge is -2.14. The van der Waals surface area contributed by atoms with Gasteiger partial charge in [0.1, 0.15) is 11.4 Å². The van der Waals surface area contributed by atoms with Crippen LogP contribution in [0.15, 0.2) is 4.79 Å². The largest absolute Gasteiger partial charge is 0.349 e. The maximum absolute atomic E-state index is 12.4. The van der Waals surface area contributed by atoms with Crippen LogP contribution in [0, 0.1) is 0 Å². The lowest BCUT2D eigenvalue weighted by molar-refractivity contribution is -0.886. The number of hydrogen-bond acceptors (Lipinski definition) is 4. The molecule has 0 radical (unpaired) electrons. The van der Waals surface area contributed by atoms with Gasteiger partial charge in [-0.2, -0.15) is 0 Å². The quantitative estimate of drug-likeness (QED) is 0.720. The van der Waals surface area contributed by atoms with Crippen molar-refractivity contribution in [1.82, 2.24) is 15.3 Å². The van der Waals surface area contributed by atoms with Crippen molar-refractivity contribution in [2.75, 3.05) is 13.6 Å². The number of nitrogens with one attached hydrogen (secondary N) is 3. The molecule has 2 aromatic heterocycles. The molecule has 0 spiro atoms. The zero-order chi connectivity index (χ0) is 16.6. The van der Waals surface area contributed by atoms with Gasteiger partial charge >= 0.3 is 0 Å². The van der Waals surface area contributed by atoms with Crippen LogP contribution in [-0.4, -0.2) is 35.5 Å². The van der Waals surface area contributed by atoms with Crippen LogP contribution in [0.5, 0.6) is 0 Å². The monoisotopic (exact) mass is 335 g/mol. The normalized spacial score (nSPS) is 15.1. The summed E-state index contributed by atoms with van der Waals surface area (Å²) < 4.78 is 0. The molecule has 0 saturated carbocycles. The van der Waals surface area contributed by atoms with Crippen molar-refractivity contribution >= 4 is 27.5 Å². The van der Waals surface area contributed by atoms with E-state index in [9.17, 15) is 9.59 Å². The van der Waals surface area contributed by atoms with Gasteiger partial charge in [0.25, 0.3) is 11.5 Å². The summed E-state index contributed by atoms with van der Waals surface area (Å²) in [5.41, 5.74) is 1.16. The lowest BCUT2D eigenvalue weighted by Crippen LogP contribution is -3.09. The zero-order valence-corrected chi connectivity index (χ0v) is 14.6. The number of H-pyrrole nitrogens is 1. The molecule has 3 rings (SSSR count). The number of fused-ring (bicyclic) bond motifs is 3. The van der Waals surface area contributed by atoms with Crippen molar-refractivity contribution in [2.45, 2.75) is 45.7 Å². The second-order valence-electron chi connectivity index (χ2n) is 6.58. The molecule has 1 atom stereocenters. The maximum atomic E-state index is 12.4. The standard InChI is InChI=1S/C16H22N4O2S/c1-9(2)17-13(21)8-20(3)7-12-18-15(22)14-10-5-4-6-11(10)23-16(14)19-12/h9H,4-8H2,1-3H3,(H,17,21)(H,18,19,22)/p+1. The van der Waals surface area contributed by atoms with Crippen LogP contribution in [0.4, 0.5) is 0 Å². The average molecular weight is 335 g/mol. The van der Waals surface area contributed by atoms with Crippen LogP contribution in [0.2, 0.25) is 0 Å². The molecule has 7 heteroatoms. The van der Waals surface area contributed by atoms with Crippen molar-refractivity contribution < 1.29 is 9.69 Å². The molecule has 6 nitrogen and oxygen atoms in total. The van der Waals surface area contributed by atoms with Gasteiger partial charge in [0.05, 0.1) is 12.4 Å². The predicted molar refractivity (Wildman–Crippen MR) is 91.0 cm³/mol. The van der Waals surface area contributed by atoms with Crippen molar-refractivity contribution in [2.24, 2.45) is 0 Å². The molecule has 0 aromatic carbocycles. The van der Waals surface area contributed by atoms with E-state index in [1.54, 1.807) is 11.3 Å². The molecule has 0 bridgehead atoms. The fourth-order valence-corrected chi connectivity index (χ4v) is 4.41. The summed E-state index contributed by atoms with van der Waals surface area (Å²) in [6.45, 7) is 4.77. The van der Waals surface area contributed by atoms with Gasteiger partial charge in [-0.3, -0.25) is 9.59 Å². The van der Waals surface area contributed by atoms with E-state index < -0.39 is 0 Å². The number of quaternary nitrogens is 1. The van der Waals surface area contributed by atoms with Crippen LogP contribution in [-0.2, 0) is 24.2 Å². The molecule has 2 heterocycles. The van der Waals surface area contributed by atoms with Crippen LogP contribution in [0.25, 0.3) is 10.2 Å². The molecule has 23 heavy (non-hydrogen) atoms. The summed E-state index contributed by atoms with van der Waals surface area (Å²) in [5, 5.41) is 3.66. The van der Waals surface area contributed by atoms with Gasteiger partial charge in [-0.15, -0.1) is 11.3 Å². The van der Waals surface area contributed by atoms with Crippen LogP contribution >= 0.6 is 11.3 Å². The summed E-state index contributed by atoms with van der Waals surface area (Å²) in [6, 6.07) is 0.137. The Balaban J connectivity index is 1.76. The highest BCUT2D eigenvalue weighted by Crippen LogP contribution is 2.34. The topological polar surface area (TPSA) is 79.3 Å². The first-order valence-electron chi connectivity index (χ1n) is 8.08. The van der Waals surface area contributed by atoms with Gasteiger partial charge in [0.2, 0.25) is 0 Å². The van der Waals surface area contributed by atoms with E-state index in [1.165, 1.54) is 10.4 Å². The average Bonchev–Trinajstić information content (AvgIpc) is 2.96. The fourth-order valence-electron chi connectivity index (χ4n) is 3.13. The molecule has 124 valence electrons. The SMILES string of the molecule is CC(C)NC(=O)C[NH+](C)Cc1nc2sc3c(c2c(=O)[nH]1)CCC3. The van der Waals surface area contributed by atoms with E-state index in [0.717, 1.165) is 34.4 Å². The van der Waals surface area contributed by atoms with E-state index in [-0.39, 0.29) is 17.5 Å². The Hall–Kier alpha value is -1.73. The first-order chi connectivity index (χ1) is 10.9. The number of rotatable bonds is 5. The lowest BCUT2D eigenvalue weighted by atomic mass is 10.2. The number of likely N-dealkylation sites (N-methyl/N-ethyl adjacent to an activating group) is 1. The second kappa shape index (κ2) is 6.41. The Morgan fingerprint density at radius 2 is 2.22 bits per heavy atom. The molecule has 1 unspecified atom stereocenters. The Kier molecular flexibility index (Phi) is 4.50. The van der Waals surface area contributed by atoms with Gasteiger partial charge in [-0.05, 0) is 38.7 Å². The van der Waals surface area contributed by atoms with Gasteiger partial charge < -0.3 is 15.2 Å². The summed E-state index contributed by atoms with van der Waals surface area (Å²) in [6.07, 6.45) is 3.18. The maximum Gasteiger partial charge on any atom is 0.275 e. The minimum Gasteiger partial charge on any atom is -0.349 e. The van der Waals surface area contributed by atoms with E-state index >= 15 is 0 Å². The number of aromatic amines is 1. The zero-order valence-electron chi connectivity index (χ0n) is 13.8. The Labute approximate surface area is 138 Å². The van der Waals surface area contributed by atoms with Gasteiger partial charge in [-0.25, -0.2) is 4.98 Å². The number of carbonyl (C=O) groups excluding carboxylic acids is 1. The number of nitrogens with zero attached hydrogens (tertiary/aromatic N) is 1. The number of hydrogen-bond donors (Lipinski definition) is 3. The minimum absolute atomic E-state index is 0.0102. The number of carbonyl (C=O) groups is 1. The molecule has 1 aliphatic carbocycles. The van der Waals surface area contributed by atoms with Crippen LogP contribution in [0.3, 0.4) is 0 Å². The number of aryl methyl sites for hydroxylation is 2. The molecule has 3 N–H and O–H groups in total. The third-order valence-electron chi connectivity index (χ3n) is 4.01. The van der Waals surface area contributed by atoms with Crippen molar-refractivity contribution in [3.8, 4) is 0 Å². The highest BCUT2D eigenvalue weighted by Gasteiger charge is 2.22. The molecule has 1 aliphatic rings. The summed E-state index contributed by atoms with van der Waals surface area (Å²) in [4.78, 5) is 34.9. The van der Waals surface area contributed by atoms with Crippen molar-refractivity contribution in [3.63, 3.8) is 0 Å². The van der Waals surface area contributed by atoms with E-state index in [4.69, 9.17) is 0 Å². The molecule has 0 fully saturated rings. The van der Waals surface area contributed by atoms with Gasteiger partial charge in [0.15, 0.2) is 12.4 Å².